The fourth-order valence-electron chi connectivity index (χ4n) is 2.73. The van der Waals surface area contributed by atoms with E-state index in [1.54, 1.807) is 0 Å². The third-order valence-corrected chi connectivity index (χ3v) is 9.81. The van der Waals surface area contributed by atoms with E-state index >= 15 is 0 Å². The van der Waals surface area contributed by atoms with Gasteiger partial charge in [0.25, 0.3) is 0 Å². The number of nitrogens with two attached hydrogens (primary N) is 1. The number of aliphatic hydroxyl groups is 1. The number of imidazole rings is 1. The molecular formula is C11H21N3O7P2+2. The molecule has 1 aromatic heterocycles. The molecule has 1 saturated carbocycles. The predicted octanol–water partition coefficient (Wildman–Crippen LogP) is -1.59. The van der Waals surface area contributed by atoms with Crippen LogP contribution in [0.4, 0.5) is 0 Å². The minimum atomic E-state index is -5.08. The van der Waals surface area contributed by atoms with Crippen LogP contribution in [0.25, 0.3) is 0 Å². The second kappa shape index (κ2) is 6.40. The molecule has 0 radical (unpaired) electrons. The van der Waals surface area contributed by atoms with Gasteiger partial charge < -0.3 is 15.4 Å². The van der Waals surface area contributed by atoms with Crippen molar-refractivity contribution in [2.45, 2.75) is 30.1 Å². The van der Waals surface area contributed by atoms with E-state index in [4.69, 9.17) is 5.73 Å². The molecule has 1 aromatic rings. The van der Waals surface area contributed by atoms with Crippen molar-refractivity contribution in [1.29, 1.82) is 0 Å². The van der Waals surface area contributed by atoms with Crippen LogP contribution in [0.1, 0.15) is 12.8 Å². The summed E-state index contributed by atoms with van der Waals surface area (Å²) in [5, 5.41) is 7.64. The molecule has 0 aliphatic heterocycles. The predicted molar refractivity (Wildman–Crippen MR) is 82.7 cm³/mol. The molecule has 10 nitrogen and oxygen atoms in total. The first-order chi connectivity index (χ1) is 10.5. The summed E-state index contributed by atoms with van der Waals surface area (Å²) in [4.78, 5) is 65.5. The van der Waals surface area contributed by atoms with E-state index in [0.717, 1.165) is 0 Å². The zero-order chi connectivity index (χ0) is 17.5. The zero-order valence-electron chi connectivity index (χ0n) is 12.2. The van der Waals surface area contributed by atoms with Crippen LogP contribution in [0.15, 0.2) is 18.7 Å². The summed E-state index contributed by atoms with van der Waals surface area (Å²) in [6, 6.07) is 0. The second-order valence-corrected chi connectivity index (χ2v) is 10.6. The number of aromatic nitrogens is 2. The maximum atomic E-state index is 11.7. The zero-order valence-corrected chi connectivity index (χ0v) is 14.0. The first-order valence-electron chi connectivity index (χ1n) is 6.87. The van der Waals surface area contributed by atoms with Crippen LogP contribution in [-0.2, 0) is 11.3 Å². The summed E-state index contributed by atoms with van der Waals surface area (Å²) >= 11 is 0. The van der Waals surface area contributed by atoms with Gasteiger partial charge in [0.2, 0.25) is 0 Å². The van der Waals surface area contributed by atoms with Gasteiger partial charge in [0, 0.05) is 12.4 Å². The molecule has 0 aromatic carbocycles. The molecule has 3 atom stereocenters. The van der Waals surface area contributed by atoms with E-state index in [1.165, 1.54) is 23.3 Å². The quantitative estimate of drug-likeness (QED) is 0.278. The lowest BCUT2D eigenvalue weighted by atomic mass is 9.81. The van der Waals surface area contributed by atoms with Gasteiger partial charge in [-0.25, -0.2) is 14.8 Å². The molecule has 8 N–H and O–H groups in total. The summed E-state index contributed by atoms with van der Waals surface area (Å²) in [6.45, 7) is -0.982. The summed E-state index contributed by atoms with van der Waals surface area (Å²) < 4.78 is 1.18. The molecule has 1 aliphatic carbocycles. The van der Waals surface area contributed by atoms with Gasteiger partial charge in [0.05, 0.1) is 18.8 Å². The fraction of sp³-hybridized carbons (Fsp3) is 0.636. The summed E-state index contributed by atoms with van der Waals surface area (Å²) in [6.07, 6.45) is 4.46. The molecule has 12 heteroatoms. The minimum Gasteiger partial charge on any atom is -0.326 e. The average molecular weight is 369 g/mol. The molecule has 2 rings (SSSR count). The molecule has 1 aliphatic rings. The number of rotatable bonds is 7. The highest BCUT2D eigenvalue weighted by Crippen LogP contribution is 2.82. The van der Waals surface area contributed by atoms with Crippen molar-refractivity contribution in [2.75, 3.05) is 6.54 Å². The third kappa shape index (κ3) is 3.19. The number of nitrogens with zero attached hydrogens (tertiary/aromatic N) is 2. The highest BCUT2D eigenvalue weighted by molar-refractivity contribution is 7.81. The van der Waals surface area contributed by atoms with E-state index in [2.05, 4.69) is 4.98 Å². The van der Waals surface area contributed by atoms with Gasteiger partial charge in [-0.05, 0) is 12.8 Å². The Morgan fingerprint density at radius 2 is 1.96 bits per heavy atom. The first kappa shape index (κ1) is 18.8. The van der Waals surface area contributed by atoms with Gasteiger partial charge in [0.1, 0.15) is 12.2 Å². The normalized spacial score (nSPS) is 24.8. The van der Waals surface area contributed by atoms with Crippen molar-refractivity contribution >= 4 is 21.4 Å². The lowest BCUT2D eigenvalue weighted by molar-refractivity contribution is -0.123. The van der Waals surface area contributed by atoms with E-state index in [1.807, 2.05) is 0 Å². The Balaban J connectivity index is 2.36. The van der Waals surface area contributed by atoms with Crippen LogP contribution in [0.2, 0.25) is 0 Å². The van der Waals surface area contributed by atoms with Crippen molar-refractivity contribution in [3.63, 3.8) is 0 Å². The molecule has 0 saturated heterocycles. The van der Waals surface area contributed by atoms with Crippen molar-refractivity contribution in [3.05, 3.63) is 18.7 Å². The third-order valence-electron chi connectivity index (χ3n) is 4.28. The molecule has 3 unspecified atom stereocenters. The van der Waals surface area contributed by atoms with Crippen molar-refractivity contribution in [3.8, 4) is 0 Å². The highest BCUT2D eigenvalue weighted by Gasteiger charge is 2.82. The largest absolute Gasteiger partial charge is 0.488 e. The summed E-state index contributed by atoms with van der Waals surface area (Å²) in [5.41, 5.74) is 4.20. The highest BCUT2D eigenvalue weighted by atomic mass is 31.3. The molecule has 0 spiro atoms. The Labute approximate surface area is 133 Å². The SMILES string of the molecule is NCC(=O)C1CCC1[P+](O)(O)C(O)(Cn1ccnc1)[P+](O)(O)O. The molecule has 0 bridgehead atoms. The smallest absolute Gasteiger partial charge is 0.326 e. The topological polar surface area (TPSA) is 182 Å². The van der Waals surface area contributed by atoms with Crippen LogP contribution in [-0.4, -0.2) is 62.2 Å². The standard InChI is InChI=1S/C11H21N3O7P2/c12-5-9(15)8-1-2-10(8)22(17,18)11(16,23(19,20)21)6-14-4-3-13-7-14/h3-4,7-8,10,16-21H,1-2,5-6,12H2/q+2. The molecule has 23 heavy (non-hydrogen) atoms. The molecule has 130 valence electrons. The molecule has 1 fully saturated rings. The van der Waals surface area contributed by atoms with Gasteiger partial charge in [-0.1, -0.05) is 0 Å². The van der Waals surface area contributed by atoms with Crippen molar-refractivity contribution in [2.24, 2.45) is 11.7 Å². The van der Waals surface area contributed by atoms with Crippen LogP contribution in [0, 0.1) is 5.92 Å². The number of hydrogen-bond acceptors (Lipinski definition) is 9. The molecule has 1 heterocycles. The van der Waals surface area contributed by atoms with Gasteiger partial charge in [0.15, 0.2) is 5.78 Å². The minimum absolute atomic E-state index is 0.198. The van der Waals surface area contributed by atoms with Gasteiger partial charge in [-0.2, -0.15) is 14.7 Å². The number of carbonyl (C=O) groups excluding carboxylic acids is 1. The Kier molecular flexibility index (Phi) is 5.23. The van der Waals surface area contributed by atoms with Crippen LogP contribution in [0.5, 0.6) is 0 Å². The second-order valence-electron chi connectivity index (χ2n) is 5.65. The van der Waals surface area contributed by atoms with Crippen LogP contribution < -0.4 is 5.73 Å². The maximum Gasteiger partial charge on any atom is 0.488 e. The first-order valence-corrected chi connectivity index (χ1v) is 10.3. The Bertz CT molecular complexity index is 562. The van der Waals surface area contributed by atoms with Crippen molar-refractivity contribution < 1.29 is 34.4 Å². The van der Waals surface area contributed by atoms with Gasteiger partial charge in [-0.3, -0.25) is 4.79 Å². The van der Waals surface area contributed by atoms with E-state index in [9.17, 15) is 34.4 Å². The van der Waals surface area contributed by atoms with Crippen LogP contribution in [0.3, 0.4) is 0 Å². The Morgan fingerprint density at radius 3 is 2.35 bits per heavy atom. The van der Waals surface area contributed by atoms with Gasteiger partial charge >= 0.3 is 20.7 Å². The fourth-order valence-corrected chi connectivity index (χ4v) is 7.33. The lowest BCUT2D eigenvalue weighted by Gasteiger charge is -2.41. The van der Waals surface area contributed by atoms with E-state index in [-0.39, 0.29) is 13.0 Å². The van der Waals surface area contributed by atoms with Gasteiger partial charge in [-0.15, -0.1) is 0 Å². The number of Topliss-reactive ketones (excluding diaryl/α,β-unsaturated/α-hetero) is 1. The maximum absolute atomic E-state index is 11.7. The lowest BCUT2D eigenvalue weighted by Crippen LogP contribution is -2.50. The number of ketones is 1. The summed E-state index contributed by atoms with van der Waals surface area (Å²) in [7, 11) is -9.61. The van der Waals surface area contributed by atoms with E-state index in [0.29, 0.717) is 6.42 Å². The number of carbonyl (C=O) groups is 1. The Morgan fingerprint density at radius 1 is 1.30 bits per heavy atom. The molecule has 0 amide bonds. The van der Waals surface area contributed by atoms with Crippen molar-refractivity contribution in [1.82, 2.24) is 9.55 Å². The Hall–Kier alpha value is -0.540. The number of hydrogen-bond donors (Lipinski definition) is 7. The molecular weight excluding hydrogens is 348 g/mol. The van der Waals surface area contributed by atoms with Crippen LogP contribution >= 0.6 is 15.7 Å². The summed E-state index contributed by atoms with van der Waals surface area (Å²) in [5.74, 6) is -1.19. The monoisotopic (exact) mass is 369 g/mol. The average Bonchev–Trinajstić information content (AvgIpc) is 2.87. The van der Waals surface area contributed by atoms with E-state index < -0.39 is 44.6 Å².